The summed E-state index contributed by atoms with van der Waals surface area (Å²) in [6.45, 7) is 6.86. The first-order chi connectivity index (χ1) is 8.49. The monoisotopic (exact) mass is 255 g/mol. The third kappa shape index (κ3) is 5.49. The molecule has 0 aromatic carbocycles. The van der Waals surface area contributed by atoms with Crippen molar-refractivity contribution in [1.29, 1.82) is 0 Å². The SMILES string of the molecule is CC(C)CCNC(=O)CN1CCCC(C(N)=O)C1. The van der Waals surface area contributed by atoms with E-state index in [1.807, 2.05) is 4.90 Å². The van der Waals surface area contributed by atoms with Crippen LogP contribution in [0.4, 0.5) is 0 Å². The Bertz CT molecular complexity index is 292. The van der Waals surface area contributed by atoms with Crippen LogP contribution in [-0.4, -0.2) is 42.9 Å². The molecule has 0 bridgehead atoms. The molecule has 0 saturated carbocycles. The summed E-state index contributed by atoms with van der Waals surface area (Å²) in [7, 11) is 0. The molecule has 0 aromatic rings. The number of rotatable bonds is 6. The van der Waals surface area contributed by atoms with Gasteiger partial charge in [0.25, 0.3) is 0 Å². The van der Waals surface area contributed by atoms with Crippen molar-refractivity contribution in [2.24, 2.45) is 17.6 Å². The van der Waals surface area contributed by atoms with Gasteiger partial charge in [0.15, 0.2) is 0 Å². The number of nitrogens with zero attached hydrogens (tertiary/aromatic N) is 1. The molecule has 1 atom stereocenters. The van der Waals surface area contributed by atoms with Gasteiger partial charge in [-0.3, -0.25) is 14.5 Å². The molecule has 1 heterocycles. The van der Waals surface area contributed by atoms with Crippen molar-refractivity contribution in [2.75, 3.05) is 26.2 Å². The van der Waals surface area contributed by atoms with Gasteiger partial charge in [-0.2, -0.15) is 0 Å². The first-order valence-corrected chi connectivity index (χ1v) is 6.77. The zero-order valence-corrected chi connectivity index (χ0v) is 11.4. The molecule has 0 spiro atoms. The summed E-state index contributed by atoms with van der Waals surface area (Å²) >= 11 is 0. The van der Waals surface area contributed by atoms with Gasteiger partial charge in [0.05, 0.1) is 12.5 Å². The van der Waals surface area contributed by atoms with Crippen LogP contribution in [-0.2, 0) is 9.59 Å². The molecule has 1 rings (SSSR count). The molecule has 1 aliphatic heterocycles. The zero-order chi connectivity index (χ0) is 13.5. The molecule has 5 heteroatoms. The van der Waals surface area contributed by atoms with Gasteiger partial charge in [-0.25, -0.2) is 0 Å². The quantitative estimate of drug-likeness (QED) is 0.719. The van der Waals surface area contributed by atoms with E-state index < -0.39 is 0 Å². The van der Waals surface area contributed by atoms with Crippen LogP contribution in [0, 0.1) is 11.8 Å². The number of carbonyl (C=O) groups is 2. The highest BCUT2D eigenvalue weighted by molar-refractivity contribution is 5.79. The molecule has 1 fully saturated rings. The van der Waals surface area contributed by atoms with Gasteiger partial charge in [-0.1, -0.05) is 13.8 Å². The molecular weight excluding hydrogens is 230 g/mol. The third-order valence-electron chi connectivity index (χ3n) is 3.32. The van der Waals surface area contributed by atoms with Gasteiger partial charge >= 0.3 is 0 Å². The zero-order valence-electron chi connectivity index (χ0n) is 11.4. The number of carbonyl (C=O) groups excluding carboxylic acids is 2. The lowest BCUT2D eigenvalue weighted by atomic mass is 9.97. The average molecular weight is 255 g/mol. The first kappa shape index (κ1) is 15.0. The lowest BCUT2D eigenvalue weighted by Gasteiger charge is -2.30. The maximum Gasteiger partial charge on any atom is 0.234 e. The first-order valence-electron chi connectivity index (χ1n) is 6.77. The summed E-state index contributed by atoms with van der Waals surface area (Å²) in [6.07, 6.45) is 2.78. The predicted molar refractivity (Wildman–Crippen MR) is 70.8 cm³/mol. The Morgan fingerprint density at radius 2 is 2.17 bits per heavy atom. The van der Waals surface area contributed by atoms with Crippen molar-refractivity contribution >= 4 is 11.8 Å². The highest BCUT2D eigenvalue weighted by atomic mass is 16.2. The number of hydrogen-bond donors (Lipinski definition) is 2. The second-order valence-corrected chi connectivity index (χ2v) is 5.51. The molecular formula is C13H25N3O2. The van der Waals surface area contributed by atoms with Crippen LogP contribution in [0.5, 0.6) is 0 Å². The van der Waals surface area contributed by atoms with E-state index in [0.29, 0.717) is 19.0 Å². The van der Waals surface area contributed by atoms with Crippen molar-refractivity contribution < 1.29 is 9.59 Å². The van der Waals surface area contributed by atoms with E-state index in [0.717, 1.165) is 32.4 Å². The van der Waals surface area contributed by atoms with Gasteiger partial charge in [0.2, 0.25) is 11.8 Å². The number of likely N-dealkylation sites (tertiary alicyclic amines) is 1. The fourth-order valence-electron chi connectivity index (χ4n) is 2.19. The van der Waals surface area contributed by atoms with Crippen LogP contribution in [0.15, 0.2) is 0 Å². The van der Waals surface area contributed by atoms with Gasteiger partial charge in [-0.05, 0) is 31.7 Å². The maximum atomic E-state index is 11.7. The fourth-order valence-corrected chi connectivity index (χ4v) is 2.19. The fraction of sp³-hybridized carbons (Fsp3) is 0.846. The van der Waals surface area contributed by atoms with Crippen LogP contribution < -0.4 is 11.1 Å². The standard InChI is InChI=1S/C13H25N3O2/c1-10(2)5-6-15-12(17)9-16-7-3-4-11(8-16)13(14)18/h10-11H,3-9H2,1-2H3,(H2,14,18)(H,15,17). The van der Waals surface area contributed by atoms with E-state index >= 15 is 0 Å². The maximum absolute atomic E-state index is 11.7. The van der Waals surface area contributed by atoms with E-state index in [1.54, 1.807) is 0 Å². The van der Waals surface area contributed by atoms with E-state index in [4.69, 9.17) is 5.73 Å². The number of piperidine rings is 1. The molecule has 3 N–H and O–H groups in total. The minimum absolute atomic E-state index is 0.0424. The van der Waals surface area contributed by atoms with Crippen molar-refractivity contribution in [3.8, 4) is 0 Å². The summed E-state index contributed by atoms with van der Waals surface area (Å²) in [6, 6.07) is 0. The van der Waals surface area contributed by atoms with E-state index in [1.165, 1.54) is 0 Å². The summed E-state index contributed by atoms with van der Waals surface area (Å²) in [5.74, 6) is 0.294. The second kappa shape index (κ2) is 7.36. The Morgan fingerprint density at radius 1 is 1.44 bits per heavy atom. The highest BCUT2D eigenvalue weighted by Crippen LogP contribution is 2.15. The van der Waals surface area contributed by atoms with Gasteiger partial charge < -0.3 is 11.1 Å². The molecule has 5 nitrogen and oxygen atoms in total. The molecule has 1 saturated heterocycles. The Labute approximate surface area is 109 Å². The second-order valence-electron chi connectivity index (χ2n) is 5.51. The topological polar surface area (TPSA) is 75.4 Å². The average Bonchev–Trinajstić information content (AvgIpc) is 2.28. The van der Waals surface area contributed by atoms with Gasteiger partial charge in [0, 0.05) is 13.1 Å². The molecule has 0 aromatic heterocycles. The van der Waals surface area contributed by atoms with E-state index in [-0.39, 0.29) is 17.7 Å². The Balaban J connectivity index is 2.24. The molecule has 104 valence electrons. The van der Waals surface area contributed by atoms with Crippen LogP contribution in [0.3, 0.4) is 0 Å². The molecule has 1 aliphatic rings. The lowest BCUT2D eigenvalue weighted by Crippen LogP contribution is -2.45. The normalized spacial score (nSPS) is 20.9. The Kier molecular flexibility index (Phi) is 6.12. The van der Waals surface area contributed by atoms with Crippen LogP contribution in [0.25, 0.3) is 0 Å². The predicted octanol–water partition coefficient (Wildman–Crippen LogP) is 0.346. The highest BCUT2D eigenvalue weighted by Gasteiger charge is 2.24. The molecule has 18 heavy (non-hydrogen) atoms. The van der Waals surface area contributed by atoms with Crippen molar-refractivity contribution in [3.05, 3.63) is 0 Å². The largest absolute Gasteiger partial charge is 0.369 e. The van der Waals surface area contributed by atoms with Crippen LogP contribution >= 0.6 is 0 Å². The Morgan fingerprint density at radius 3 is 2.78 bits per heavy atom. The number of nitrogens with one attached hydrogen (secondary N) is 1. The molecule has 2 amide bonds. The summed E-state index contributed by atoms with van der Waals surface area (Å²) in [5.41, 5.74) is 5.31. The van der Waals surface area contributed by atoms with Crippen molar-refractivity contribution in [2.45, 2.75) is 33.1 Å². The summed E-state index contributed by atoms with van der Waals surface area (Å²) in [5, 5.41) is 2.91. The van der Waals surface area contributed by atoms with E-state index in [9.17, 15) is 9.59 Å². The number of amides is 2. The third-order valence-corrected chi connectivity index (χ3v) is 3.32. The number of hydrogen-bond acceptors (Lipinski definition) is 3. The lowest BCUT2D eigenvalue weighted by molar-refractivity contribution is -0.126. The summed E-state index contributed by atoms with van der Waals surface area (Å²) < 4.78 is 0. The molecule has 0 radical (unpaired) electrons. The minimum atomic E-state index is -0.250. The van der Waals surface area contributed by atoms with Crippen LogP contribution in [0.2, 0.25) is 0 Å². The van der Waals surface area contributed by atoms with Gasteiger partial charge in [0.1, 0.15) is 0 Å². The number of nitrogens with two attached hydrogens (primary N) is 1. The van der Waals surface area contributed by atoms with Crippen molar-refractivity contribution in [1.82, 2.24) is 10.2 Å². The smallest absolute Gasteiger partial charge is 0.234 e. The summed E-state index contributed by atoms with van der Waals surface area (Å²) in [4.78, 5) is 24.8. The number of primary amides is 1. The van der Waals surface area contributed by atoms with E-state index in [2.05, 4.69) is 19.2 Å². The molecule has 0 aliphatic carbocycles. The minimum Gasteiger partial charge on any atom is -0.369 e. The Hall–Kier alpha value is -1.10. The van der Waals surface area contributed by atoms with Crippen molar-refractivity contribution in [3.63, 3.8) is 0 Å². The molecule has 1 unspecified atom stereocenters. The van der Waals surface area contributed by atoms with Crippen LogP contribution in [0.1, 0.15) is 33.1 Å². The van der Waals surface area contributed by atoms with Gasteiger partial charge in [-0.15, -0.1) is 0 Å².